The van der Waals surface area contributed by atoms with Gasteiger partial charge in [0.2, 0.25) is 0 Å². The molecule has 36 heavy (non-hydrogen) atoms. The molecule has 0 N–H and O–H groups in total. The lowest BCUT2D eigenvalue weighted by Crippen LogP contribution is -2.09. The molecule has 4 aromatic carbocycles. The highest BCUT2D eigenvalue weighted by Crippen LogP contribution is 2.45. The fourth-order valence-electron chi connectivity index (χ4n) is 3.67. The van der Waals surface area contributed by atoms with Crippen LogP contribution in [0.1, 0.15) is 0 Å². The minimum atomic E-state index is -2.38. The van der Waals surface area contributed by atoms with E-state index in [9.17, 15) is 39.5 Å². The maximum absolute atomic E-state index is 15.5. The van der Waals surface area contributed by atoms with Gasteiger partial charge in [0.1, 0.15) is 69.8 Å². The second-order valence-electron chi connectivity index (χ2n) is 7.30. The second-order valence-corrected chi connectivity index (χ2v) is 7.30. The summed E-state index contributed by atoms with van der Waals surface area (Å²) in [6.45, 7) is 0. The average Bonchev–Trinajstić information content (AvgIpc) is 2.73. The molecule has 0 fully saturated rings. The first-order chi connectivity index (χ1) is 16.8. The van der Waals surface area contributed by atoms with Crippen LogP contribution in [0.15, 0.2) is 36.4 Å². The van der Waals surface area contributed by atoms with E-state index in [0.717, 1.165) is 0 Å². The molecule has 0 aliphatic heterocycles. The Bertz CT molecular complexity index is 1280. The molecule has 0 saturated carbocycles. The van der Waals surface area contributed by atoms with Crippen LogP contribution in [-0.4, -0.2) is 0 Å². The molecular weight excluding hydrogens is 516 g/mol. The largest absolute Gasteiger partial charge is 0.207 e. The third-order valence-electron chi connectivity index (χ3n) is 5.09. The highest BCUT2D eigenvalue weighted by atomic mass is 19.2. The zero-order valence-corrected chi connectivity index (χ0v) is 17.0. The van der Waals surface area contributed by atoms with Crippen molar-refractivity contribution < 1.29 is 52.7 Å². The maximum Gasteiger partial charge on any atom is 0.145 e. The van der Waals surface area contributed by atoms with Crippen LogP contribution in [0, 0.1) is 69.8 Å². The van der Waals surface area contributed by atoms with Crippen LogP contribution >= 0.6 is 0 Å². The smallest absolute Gasteiger partial charge is 0.145 e. The van der Waals surface area contributed by atoms with Crippen molar-refractivity contribution in [3.8, 4) is 33.4 Å². The number of hydrogen-bond donors (Lipinski definition) is 0. The van der Waals surface area contributed by atoms with Gasteiger partial charge in [-0.1, -0.05) is 0 Å². The summed E-state index contributed by atoms with van der Waals surface area (Å²) in [4.78, 5) is 0. The summed E-state index contributed by atoms with van der Waals surface area (Å²) >= 11 is 0. The van der Waals surface area contributed by atoms with Gasteiger partial charge in [-0.05, 0) is 0 Å². The Hall–Kier alpha value is -3.96. The highest BCUT2D eigenvalue weighted by Gasteiger charge is 2.35. The molecule has 0 unspecified atom stereocenters. The van der Waals surface area contributed by atoms with E-state index in [1.165, 1.54) is 0 Å². The molecular formula is C24H6F12. The Balaban J connectivity index is 2.28. The van der Waals surface area contributed by atoms with Gasteiger partial charge in [0, 0.05) is 36.4 Å². The van der Waals surface area contributed by atoms with Crippen LogP contribution < -0.4 is 0 Å². The monoisotopic (exact) mass is 522 g/mol. The summed E-state index contributed by atoms with van der Waals surface area (Å²) in [5.74, 6) is -23.8. The summed E-state index contributed by atoms with van der Waals surface area (Å²) in [6, 6.07) is -0.345. The van der Waals surface area contributed by atoms with E-state index in [-0.39, 0.29) is 36.4 Å². The third-order valence-corrected chi connectivity index (χ3v) is 5.09. The van der Waals surface area contributed by atoms with Crippen molar-refractivity contribution in [2.45, 2.75) is 0 Å². The molecule has 0 heterocycles. The zero-order chi connectivity index (χ0) is 26.6. The number of hydrogen-bond acceptors (Lipinski definition) is 0. The topological polar surface area (TPSA) is 0 Å². The summed E-state index contributed by atoms with van der Waals surface area (Å²) in [7, 11) is 0. The van der Waals surface area contributed by atoms with Gasteiger partial charge in [0.25, 0.3) is 0 Å². The molecule has 0 aromatic heterocycles. The lowest BCUT2D eigenvalue weighted by Gasteiger charge is -2.19. The Labute approximate surface area is 193 Å². The summed E-state index contributed by atoms with van der Waals surface area (Å²) in [6.07, 6.45) is 0. The van der Waals surface area contributed by atoms with Crippen molar-refractivity contribution in [3.05, 3.63) is 106 Å². The quantitative estimate of drug-likeness (QED) is 0.237. The minimum absolute atomic E-state index is 0.0574. The van der Waals surface area contributed by atoms with Crippen LogP contribution in [0.3, 0.4) is 0 Å². The average molecular weight is 522 g/mol. The molecule has 0 nitrogen and oxygen atoms in total. The van der Waals surface area contributed by atoms with Gasteiger partial charge in [0.15, 0.2) is 0 Å². The highest BCUT2D eigenvalue weighted by molar-refractivity contribution is 5.84. The molecule has 4 aromatic rings. The normalized spacial score (nSPS) is 11.3. The summed E-state index contributed by atoms with van der Waals surface area (Å²) < 4.78 is 173. The van der Waals surface area contributed by atoms with Crippen LogP contribution in [0.25, 0.3) is 33.4 Å². The lowest BCUT2D eigenvalue weighted by molar-refractivity contribution is 0.519. The van der Waals surface area contributed by atoms with E-state index in [4.69, 9.17) is 0 Å². The number of benzene rings is 4. The van der Waals surface area contributed by atoms with Crippen molar-refractivity contribution in [3.63, 3.8) is 0 Å². The first-order valence-electron chi connectivity index (χ1n) is 9.48. The van der Waals surface area contributed by atoms with Crippen molar-refractivity contribution in [2.75, 3.05) is 0 Å². The molecule has 0 spiro atoms. The van der Waals surface area contributed by atoms with Crippen LogP contribution in [-0.2, 0) is 0 Å². The molecule has 0 bridgehead atoms. The van der Waals surface area contributed by atoms with E-state index in [1.54, 1.807) is 0 Å². The molecule has 0 amide bonds. The predicted octanol–water partition coefficient (Wildman–Crippen LogP) is 8.36. The maximum atomic E-state index is 15.5. The summed E-state index contributed by atoms with van der Waals surface area (Å²) in [5.41, 5.74) is -11.0. The third kappa shape index (κ3) is 3.95. The Morgan fingerprint density at radius 3 is 0.583 bits per heavy atom. The van der Waals surface area contributed by atoms with Crippen LogP contribution in [0.5, 0.6) is 0 Å². The fourth-order valence-corrected chi connectivity index (χ4v) is 3.67. The van der Waals surface area contributed by atoms with Gasteiger partial charge in [-0.3, -0.25) is 0 Å². The van der Waals surface area contributed by atoms with Crippen molar-refractivity contribution in [1.29, 1.82) is 0 Å². The molecule has 0 aliphatic carbocycles. The van der Waals surface area contributed by atoms with E-state index in [0.29, 0.717) is 0 Å². The molecule has 0 radical (unpaired) electrons. The number of rotatable bonds is 3. The van der Waals surface area contributed by atoms with E-state index in [1.807, 2.05) is 0 Å². The Kier molecular flexibility index (Phi) is 6.23. The zero-order valence-electron chi connectivity index (χ0n) is 17.0. The molecule has 186 valence electrons. The van der Waals surface area contributed by atoms with Gasteiger partial charge in [-0.25, -0.2) is 52.7 Å². The van der Waals surface area contributed by atoms with E-state index in [2.05, 4.69) is 0 Å². The van der Waals surface area contributed by atoms with Crippen molar-refractivity contribution >= 4 is 0 Å². The Morgan fingerprint density at radius 1 is 0.250 bits per heavy atom. The van der Waals surface area contributed by atoms with Crippen molar-refractivity contribution in [1.82, 2.24) is 0 Å². The first-order valence-corrected chi connectivity index (χ1v) is 9.48. The lowest BCUT2D eigenvalue weighted by atomic mass is 9.89. The molecule has 12 heteroatoms. The van der Waals surface area contributed by atoms with Gasteiger partial charge in [-0.2, -0.15) is 0 Å². The Morgan fingerprint density at radius 2 is 0.417 bits per heavy atom. The number of halogens is 12. The van der Waals surface area contributed by atoms with Gasteiger partial charge < -0.3 is 0 Å². The molecule has 4 rings (SSSR count). The summed E-state index contributed by atoms with van der Waals surface area (Å²) in [5, 5.41) is 0. The SMILES string of the molecule is Fc1cc(F)c(-c2c(F)c(-c3c(F)cc(F)cc3F)c(F)c(-c3c(F)cc(F)cc3F)c2F)c(F)c1. The minimum Gasteiger partial charge on any atom is -0.207 e. The molecule has 0 atom stereocenters. The predicted molar refractivity (Wildman–Crippen MR) is 102 cm³/mol. The fraction of sp³-hybridized carbons (Fsp3) is 0. The standard InChI is InChI=1S/C24H6F12/c25-7-1-10(28)16(11(29)2-7)19-22(34)20(17-12(30)3-8(26)4-13(17)31)24(36)21(23(19)35)18-14(32)5-9(27)6-15(18)33/h1-6H. The first kappa shape index (κ1) is 25.1. The van der Waals surface area contributed by atoms with E-state index >= 15 is 13.2 Å². The van der Waals surface area contributed by atoms with E-state index < -0.39 is 103 Å². The van der Waals surface area contributed by atoms with Crippen molar-refractivity contribution in [2.24, 2.45) is 0 Å². The second kappa shape index (κ2) is 8.92. The van der Waals surface area contributed by atoms with Gasteiger partial charge >= 0.3 is 0 Å². The molecule has 0 aliphatic rings. The van der Waals surface area contributed by atoms with Gasteiger partial charge in [-0.15, -0.1) is 0 Å². The van der Waals surface area contributed by atoms with Crippen LogP contribution in [0.4, 0.5) is 52.7 Å². The van der Waals surface area contributed by atoms with Gasteiger partial charge in [0.05, 0.1) is 33.4 Å². The van der Waals surface area contributed by atoms with Crippen LogP contribution in [0.2, 0.25) is 0 Å². The molecule has 0 saturated heterocycles.